The molecule has 1 aromatic carbocycles. The number of rotatable bonds is 6. The van der Waals surface area contributed by atoms with Crippen molar-refractivity contribution in [2.24, 2.45) is 0 Å². The van der Waals surface area contributed by atoms with Gasteiger partial charge < -0.3 is 15.1 Å². The van der Waals surface area contributed by atoms with E-state index < -0.39 is 36.0 Å². The van der Waals surface area contributed by atoms with Gasteiger partial charge in [-0.15, -0.1) is 0 Å². The molecule has 0 aliphatic carbocycles. The molecule has 0 aromatic heterocycles. The molecular weight excluding hydrogens is 323 g/mol. The van der Waals surface area contributed by atoms with E-state index in [0.717, 1.165) is 9.96 Å². The van der Waals surface area contributed by atoms with E-state index in [1.54, 1.807) is 0 Å². The Hall–Kier alpha value is -2.94. The highest BCUT2D eigenvalue weighted by Gasteiger charge is 2.34. The molecule has 24 heavy (non-hydrogen) atoms. The first-order valence-electron chi connectivity index (χ1n) is 6.88. The largest absolute Gasteiger partial charge is 0.503 e. The van der Waals surface area contributed by atoms with Crippen molar-refractivity contribution in [1.82, 2.24) is 9.96 Å². The average molecular weight is 338 g/mol. The number of carbonyl (C=O) groups is 3. The Balaban J connectivity index is 2.22. The molecule has 2 N–H and O–H groups in total. The summed E-state index contributed by atoms with van der Waals surface area (Å²) in [6.45, 7) is -1.09. The molecule has 2 rings (SSSR count). The van der Waals surface area contributed by atoms with E-state index >= 15 is 0 Å². The molecule has 9 heteroatoms. The normalized spacial score (nSPS) is 14.2. The van der Waals surface area contributed by atoms with Gasteiger partial charge in [0.25, 0.3) is 11.8 Å². The summed E-state index contributed by atoms with van der Waals surface area (Å²) in [5.74, 6) is -4.02. The third-order valence-corrected chi connectivity index (χ3v) is 3.30. The fourth-order valence-electron chi connectivity index (χ4n) is 2.08. The molecule has 2 amide bonds. The number of carbonyl (C=O) groups excluding carboxylic acids is 2. The van der Waals surface area contributed by atoms with Crippen molar-refractivity contribution in [3.05, 3.63) is 47.0 Å². The number of aliphatic hydroxyl groups excluding tert-OH is 1. The summed E-state index contributed by atoms with van der Waals surface area (Å²) in [5, 5.41) is 19.2. The Morgan fingerprint density at radius 1 is 1.33 bits per heavy atom. The second kappa shape index (κ2) is 7.09. The van der Waals surface area contributed by atoms with Crippen molar-refractivity contribution in [2.75, 3.05) is 20.2 Å². The van der Waals surface area contributed by atoms with Crippen LogP contribution in [0.3, 0.4) is 0 Å². The van der Waals surface area contributed by atoms with Crippen molar-refractivity contribution in [2.45, 2.75) is 6.54 Å². The zero-order valence-electron chi connectivity index (χ0n) is 12.7. The van der Waals surface area contributed by atoms with Crippen LogP contribution in [-0.4, -0.2) is 58.2 Å². The van der Waals surface area contributed by atoms with Gasteiger partial charge in [-0.25, -0.2) is 14.2 Å². The lowest BCUT2D eigenvalue weighted by molar-refractivity contribution is -0.193. The number of likely N-dealkylation sites (N-methyl/N-ethyl adjacent to an activating group) is 1. The monoisotopic (exact) mass is 338 g/mol. The highest BCUT2D eigenvalue weighted by molar-refractivity contribution is 6.06. The number of benzene rings is 1. The number of carboxylic acids is 1. The maximum atomic E-state index is 12.9. The standard InChI is InChI=1S/C15H15FN2O6/c1-17-7-11(13(21)15(17)23)14(22)18(24-8-12(19)20)6-9-2-4-10(16)5-3-9/h2-5,21H,6-8H2,1H3,(H,19,20). The Kier molecular flexibility index (Phi) is 5.14. The third kappa shape index (κ3) is 3.87. The quantitative estimate of drug-likeness (QED) is 0.730. The van der Waals surface area contributed by atoms with E-state index in [1.165, 1.54) is 31.3 Å². The van der Waals surface area contributed by atoms with Crippen molar-refractivity contribution in [1.29, 1.82) is 0 Å². The van der Waals surface area contributed by atoms with Gasteiger partial charge in [0.2, 0.25) is 0 Å². The van der Waals surface area contributed by atoms with E-state index in [9.17, 15) is 23.9 Å². The molecule has 128 valence electrons. The van der Waals surface area contributed by atoms with Crippen LogP contribution in [0.2, 0.25) is 0 Å². The highest BCUT2D eigenvalue weighted by Crippen LogP contribution is 2.19. The molecule has 0 unspecified atom stereocenters. The zero-order chi connectivity index (χ0) is 17.9. The van der Waals surface area contributed by atoms with Crippen molar-refractivity contribution in [3.63, 3.8) is 0 Å². The molecular formula is C15H15FN2O6. The molecule has 0 spiro atoms. The van der Waals surface area contributed by atoms with Crippen LogP contribution in [0.25, 0.3) is 0 Å². The van der Waals surface area contributed by atoms with Gasteiger partial charge in [0.05, 0.1) is 18.7 Å². The average Bonchev–Trinajstić information content (AvgIpc) is 2.80. The lowest BCUT2D eigenvalue weighted by Gasteiger charge is -2.21. The van der Waals surface area contributed by atoms with Gasteiger partial charge in [0.15, 0.2) is 12.4 Å². The predicted octanol–water partition coefficient (Wildman–Crippen LogP) is 0.455. The summed E-state index contributed by atoms with van der Waals surface area (Å²) in [6.07, 6.45) is 0. The van der Waals surface area contributed by atoms with Gasteiger partial charge >= 0.3 is 5.97 Å². The second-order valence-electron chi connectivity index (χ2n) is 5.12. The van der Waals surface area contributed by atoms with Gasteiger partial charge in [-0.3, -0.25) is 14.4 Å². The SMILES string of the molecule is CN1CC(C(=O)N(Cc2ccc(F)cc2)OCC(=O)O)=C(O)C1=O. The van der Waals surface area contributed by atoms with Gasteiger partial charge in [0, 0.05) is 7.05 Å². The lowest BCUT2D eigenvalue weighted by Crippen LogP contribution is -2.35. The maximum Gasteiger partial charge on any atom is 0.332 e. The van der Waals surface area contributed by atoms with Gasteiger partial charge in [-0.1, -0.05) is 12.1 Å². The number of halogens is 1. The van der Waals surface area contributed by atoms with Crippen molar-refractivity contribution < 1.29 is 33.8 Å². The molecule has 0 atom stereocenters. The van der Waals surface area contributed by atoms with Crippen LogP contribution in [-0.2, 0) is 25.8 Å². The highest BCUT2D eigenvalue weighted by atomic mass is 19.1. The Bertz CT molecular complexity index is 700. The molecule has 0 saturated carbocycles. The molecule has 0 radical (unpaired) electrons. The Morgan fingerprint density at radius 3 is 2.46 bits per heavy atom. The molecule has 1 aliphatic heterocycles. The van der Waals surface area contributed by atoms with E-state index in [1.807, 2.05) is 0 Å². The minimum atomic E-state index is -1.30. The topological polar surface area (TPSA) is 107 Å². The minimum absolute atomic E-state index is 0.125. The number of hydroxylamine groups is 2. The summed E-state index contributed by atoms with van der Waals surface area (Å²) in [5.41, 5.74) is 0.280. The molecule has 0 bridgehead atoms. The van der Waals surface area contributed by atoms with E-state index in [-0.39, 0.29) is 18.7 Å². The first-order valence-corrected chi connectivity index (χ1v) is 6.88. The van der Waals surface area contributed by atoms with Gasteiger partial charge in [-0.05, 0) is 17.7 Å². The first-order chi connectivity index (χ1) is 11.3. The number of nitrogens with zero attached hydrogens (tertiary/aromatic N) is 2. The molecule has 1 heterocycles. The molecule has 1 aromatic rings. The summed E-state index contributed by atoms with van der Waals surface area (Å²) in [4.78, 5) is 40.8. The Morgan fingerprint density at radius 2 is 1.96 bits per heavy atom. The zero-order valence-corrected chi connectivity index (χ0v) is 12.7. The first kappa shape index (κ1) is 17.4. The number of hydrogen-bond donors (Lipinski definition) is 2. The van der Waals surface area contributed by atoms with Crippen LogP contribution in [0, 0.1) is 5.82 Å². The summed E-state index contributed by atoms with van der Waals surface area (Å²) in [6, 6.07) is 5.16. The van der Waals surface area contributed by atoms with E-state index in [2.05, 4.69) is 0 Å². The molecule has 0 saturated heterocycles. The van der Waals surface area contributed by atoms with Crippen LogP contribution < -0.4 is 0 Å². The second-order valence-corrected chi connectivity index (χ2v) is 5.12. The number of amides is 2. The third-order valence-electron chi connectivity index (χ3n) is 3.30. The van der Waals surface area contributed by atoms with Gasteiger partial charge in [0.1, 0.15) is 5.82 Å². The smallest absolute Gasteiger partial charge is 0.332 e. The van der Waals surface area contributed by atoms with Crippen LogP contribution in [0.15, 0.2) is 35.6 Å². The maximum absolute atomic E-state index is 12.9. The molecule has 8 nitrogen and oxygen atoms in total. The number of carboxylic acid groups (broad SMARTS) is 1. The Labute approximate surface area is 136 Å². The van der Waals surface area contributed by atoms with Crippen LogP contribution in [0.5, 0.6) is 0 Å². The molecule has 1 aliphatic rings. The minimum Gasteiger partial charge on any atom is -0.503 e. The number of aliphatic hydroxyl groups is 1. The van der Waals surface area contributed by atoms with E-state index in [0.29, 0.717) is 5.56 Å². The lowest BCUT2D eigenvalue weighted by atomic mass is 10.2. The summed E-state index contributed by atoms with van der Waals surface area (Å²) < 4.78 is 12.9. The van der Waals surface area contributed by atoms with E-state index in [4.69, 9.17) is 9.94 Å². The van der Waals surface area contributed by atoms with Crippen LogP contribution >= 0.6 is 0 Å². The van der Waals surface area contributed by atoms with Crippen LogP contribution in [0.4, 0.5) is 4.39 Å². The fourth-order valence-corrected chi connectivity index (χ4v) is 2.08. The number of aliphatic carboxylic acids is 1. The van der Waals surface area contributed by atoms with Crippen molar-refractivity contribution >= 4 is 17.8 Å². The fraction of sp³-hybridized carbons (Fsp3) is 0.267. The van der Waals surface area contributed by atoms with Gasteiger partial charge in [-0.2, -0.15) is 0 Å². The molecule has 0 fully saturated rings. The number of hydrogen-bond acceptors (Lipinski definition) is 5. The summed E-state index contributed by atoms with van der Waals surface area (Å²) >= 11 is 0. The van der Waals surface area contributed by atoms with Crippen molar-refractivity contribution in [3.8, 4) is 0 Å². The van der Waals surface area contributed by atoms with Crippen LogP contribution in [0.1, 0.15) is 5.56 Å². The predicted molar refractivity (Wildman–Crippen MR) is 77.8 cm³/mol. The summed E-state index contributed by atoms with van der Waals surface area (Å²) in [7, 11) is 1.40.